The number of nitrogens with one attached hydrogen (secondary N) is 2. The molecule has 0 radical (unpaired) electrons. The van der Waals surface area contributed by atoms with Crippen molar-refractivity contribution in [1.82, 2.24) is 15.5 Å². The van der Waals surface area contributed by atoms with Gasteiger partial charge in [-0.15, -0.1) is 24.0 Å². The Balaban J connectivity index is 0.00000392. The summed E-state index contributed by atoms with van der Waals surface area (Å²) in [5, 5.41) is 6.78. The van der Waals surface area contributed by atoms with Crippen molar-refractivity contribution in [3.63, 3.8) is 0 Å². The van der Waals surface area contributed by atoms with Crippen molar-refractivity contribution in [2.45, 2.75) is 39.3 Å². The van der Waals surface area contributed by atoms with Crippen LogP contribution in [0.4, 0.5) is 0 Å². The van der Waals surface area contributed by atoms with E-state index in [1.807, 2.05) is 0 Å². The Hall–Kier alpha value is -0.900. The minimum atomic E-state index is 0. The van der Waals surface area contributed by atoms with Gasteiger partial charge in [-0.1, -0.05) is 24.3 Å². The third kappa shape index (κ3) is 10.0. The van der Waals surface area contributed by atoms with Gasteiger partial charge in [0.25, 0.3) is 0 Å². The highest BCUT2D eigenvalue weighted by atomic mass is 127. The minimum absolute atomic E-state index is 0. The summed E-state index contributed by atoms with van der Waals surface area (Å²) >= 11 is 0. The van der Waals surface area contributed by atoms with Crippen LogP contribution in [0.25, 0.3) is 0 Å². The first-order valence-corrected chi connectivity index (χ1v) is 10.2. The number of guanidine groups is 1. The second kappa shape index (κ2) is 16.0. The Morgan fingerprint density at radius 2 is 1.86 bits per heavy atom. The third-order valence-corrected chi connectivity index (χ3v) is 4.69. The van der Waals surface area contributed by atoms with Gasteiger partial charge in [0.2, 0.25) is 0 Å². The van der Waals surface area contributed by atoms with Gasteiger partial charge in [0, 0.05) is 46.4 Å². The molecule has 0 amide bonds. The summed E-state index contributed by atoms with van der Waals surface area (Å²) in [6, 6.07) is 8.63. The highest BCUT2D eigenvalue weighted by Gasteiger charge is 2.12. The second-order valence-electron chi connectivity index (χ2n) is 6.83. The Morgan fingerprint density at radius 3 is 2.57 bits per heavy atom. The summed E-state index contributed by atoms with van der Waals surface area (Å²) in [4.78, 5) is 7.25. The predicted octanol–water partition coefficient (Wildman–Crippen LogP) is 3.01. The number of hydrogen-bond donors (Lipinski definition) is 2. The first-order chi connectivity index (χ1) is 13.3. The molecule has 160 valence electrons. The van der Waals surface area contributed by atoms with Crippen molar-refractivity contribution < 1.29 is 9.47 Å². The third-order valence-electron chi connectivity index (χ3n) is 4.69. The maximum absolute atomic E-state index is 5.45. The Labute approximate surface area is 187 Å². The lowest BCUT2D eigenvalue weighted by atomic mass is 10.1. The number of aliphatic imine (C=N–C) groups is 1. The number of unbranched alkanes of at least 4 members (excludes halogenated alkanes) is 2. The van der Waals surface area contributed by atoms with E-state index in [2.05, 4.69) is 46.7 Å². The zero-order chi connectivity index (χ0) is 19.2. The molecule has 1 aromatic rings. The lowest BCUT2D eigenvalue weighted by Crippen LogP contribution is -2.37. The van der Waals surface area contributed by atoms with Crippen LogP contribution >= 0.6 is 24.0 Å². The quantitative estimate of drug-likeness (QED) is 0.210. The van der Waals surface area contributed by atoms with Gasteiger partial charge in [0.1, 0.15) is 0 Å². The van der Waals surface area contributed by atoms with Crippen LogP contribution in [0.3, 0.4) is 0 Å². The first kappa shape index (κ1) is 25.1. The summed E-state index contributed by atoms with van der Waals surface area (Å²) in [7, 11) is 1.76. The maximum atomic E-state index is 5.45. The second-order valence-corrected chi connectivity index (χ2v) is 6.83. The van der Waals surface area contributed by atoms with Crippen molar-refractivity contribution in [3.05, 3.63) is 35.4 Å². The molecule has 0 aliphatic carbocycles. The van der Waals surface area contributed by atoms with Crippen LogP contribution in [0.5, 0.6) is 0 Å². The SMILES string of the molecule is CCNC(=NCc1ccccc1CN1CCOCC1)NCCCCCOC.I. The molecule has 0 aromatic heterocycles. The number of methoxy groups -OCH3 is 1. The summed E-state index contributed by atoms with van der Waals surface area (Å²) in [6.07, 6.45) is 3.41. The van der Waals surface area contributed by atoms with E-state index in [1.54, 1.807) is 7.11 Å². The molecule has 1 aliphatic rings. The Kier molecular flexibility index (Phi) is 14.3. The van der Waals surface area contributed by atoms with Gasteiger partial charge in [-0.05, 0) is 37.3 Å². The molecule has 2 N–H and O–H groups in total. The van der Waals surface area contributed by atoms with Crippen LogP contribution in [-0.4, -0.2) is 64.0 Å². The van der Waals surface area contributed by atoms with Crippen molar-refractivity contribution in [2.24, 2.45) is 4.99 Å². The van der Waals surface area contributed by atoms with Crippen LogP contribution in [0.15, 0.2) is 29.3 Å². The topological polar surface area (TPSA) is 58.1 Å². The van der Waals surface area contributed by atoms with E-state index < -0.39 is 0 Å². The molecule has 6 nitrogen and oxygen atoms in total. The normalized spacial score (nSPS) is 15.1. The average Bonchev–Trinajstić information content (AvgIpc) is 2.70. The van der Waals surface area contributed by atoms with Gasteiger partial charge >= 0.3 is 0 Å². The van der Waals surface area contributed by atoms with Crippen LogP contribution in [-0.2, 0) is 22.6 Å². The molecular weight excluding hydrogens is 467 g/mol. The van der Waals surface area contributed by atoms with E-state index in [-0.39, 0.29) is 24.0 Å². The van der Waals surface area contributed by atoms with Crippen LogP contribution in [0.2, 0.25) is 0 Å². The first-order valence-electron chi connectivity index (χ1n) is 10.2. The molecule has 28 heavy (non-hydrogen) atoms. The lowest BCUT2D eigenvalue weighted by Gasteiger charge is -2.27. The molecule has 1 saturated heterocycles. The molecule has 1 aromatic carbocycles. The lowest BCUT2D eigenvalue weighted by molar-refractivity contribution is 0.0341. The molecule has 1 heterocycles. The van der Waals surface area contributed by atoms with E-state index in [9.17, 15) is 0 Å². The highest BCUT2D eigenvalue weighted by Crippen LogP contribution is 2.14. The summed E-state index contributed by atoms with van der Waals surface area (Å²) in [5.41, 5.74) is 2.65. The molecule has 0 unspecified atom stereocenters. The molecule has 1 fully saturated rings. The van der Waals surface area contributed by atoms with E-state index in [0.717, 1.165) is 71.3 Å². The molecule has 7 heteroatoms. The van der Waals surface area contributed by atoms with Crippen LogP contribution < -0.4 is 10.6 Å². The van der Waals surface area contributed by atoms with Gasteiger partial charge in [-0.25, -0.2) is 4.99 Å². The predicted molar refractivity (Wildman–Crippen MR) is 126 cm³/mol. The number of halogens is 1. The van der Waals surface area contributed by atoms with E-state index in [0.29, 0.717) is 6.54 Å². The molecule has 0 bridgehead atoms. The Morgan fingerprint density at radius 1 is 1.11 bits per heavy atom. The van der Waals surface area contributed by atoms with Gasteiger partial charge in [0.05, 0.1) is 19.8 Å². The largest absolute Gasteiger partial charge is 0.385 e. The molecule has 2 rings (SSSR count). The van der Waals surface area contributed by atoms with E-state index >= 15 is 0 Å². The Bertz CT molecular complexity index is 551. The van der Waals surface area contributed by atoms with Gasteiger partial charge in [-0.2, -0.15) is 0 Å². The summed E-state index contributed by atoms with van der Waals surface area (Å²) in [6.45, 7) is 10.1. The zero-order valence-corrected chi connectivity index (χ0v) is 19.7. The average molecular weight is 504 g/mol. The summed E-state index contributed by atoms with van der Waals surface area (Å²) in [5.74, 6) is 0.894. The number of nitrogens with zero attached hydrogens (tertiary/aromatic N) is 2. The number of morpholine rings is 1. The van der Waals surface area contributed by atoms with Crippen molar-refractivity contribution >= 4 is 29.9 Å². The maximum Gasteiger partial charge on any atom is 0.191 e. The standard InChI is InChI=1S/C21H36N4O2.HI/c1-3-22-21(23-11-7-4-8-14-26-2)24-17-19-9-5-6-10-20(19)18-25-12-15-27-16-13-25;/h5-6,9-10H,3-4,7-8,11-18H2,1-2H3,(H2,22,23,24);1H. The minimum Gasteiger partial charge on any atom is -0.385 e. The van der Waals surface area contributed by atoms with E-state index in [4.69, 9.17) is 14.5 Å². The highest BCUT2D eigenvalue weighted by molar-refractivity contribution is 14.0. The van der Waals surface area contributed by atoms with Gasteiger partial charge in [0.15, 0.2) is 5.96 Å². The molecule has 0 spiro atoms. The van der Waals surface area contributed by atoms with Gasteiger partial charge < -0.3 is 20.1 Å². The number of ether oxygens (including phenoxy) is 2. The van der Waals surface area contributed by atoms with Gasteiger partial charge in [-0.3, -0.25) is 4.90 Å². The van der Waals surface area contributed by atoms with Crippen LogP contribution in [0, 0.1) is 0 Å². The number of benzene rings is 1. The van der Waals surface area contributed by atoms with Crippen molar-refractivity contribution in [2.75, 3.05) is 53.1 Å². The van der Waals surface area contributed by atoms with Crippen LogP contribution in [0.1, 0.15) is 37.3 Å². The molecule has 0 saturated carbocycles. The molecular formula is C21H37IN4O2. The fourth-order valence-corrected chi connectivity index (χ4v) is 3.13. The summed E-state index contributed by atoms with van der Waals surface area (Å²) < 4.78 is 10.5. The van der Waals surface area contributed by atoms with E-state index in [1.165, 1.54) is 17.5 Å². The fraction of sp³-hybridized carbons (Fsp3) is 0.667. The fourth-order valence-electron chi connectivity index (χ4n) is 3.13. The number of rotatable bonds is 11. The zero-order valence-electron chi connectivity index (χ0n) is 17.4. The van der Waals surface area contributed by atoms with Crippen molar-refractivity contribution in [3.8, 4) is 0 Å². The van der Waals surface area contributed by atoms with Crippen molar-refractivity contribution in [1.29, 1.82) is 0 Å². The number of hydrogen-bond acceptors (Lipinski definition) is 4. The smallest absolute Gasteiger partial charge is 0.191 e. The monoisotopic (exact) mass is 504 g/mol. The molecule has 0 atom stereocenters. The molecule has 1 aliphatic heterocycles.